The summed E-state index contributed by atoms with van der Waals surface area (Å²) in [6, 6.07) is 7.27. The van der Waals surface area contributed by atoms with Crippen molar-refractivity contribution in [1.29, 1.82) is 0 Å². The molecule has 0 saturated carbocycles. The second-order valence-electron chi connectivity index (χ2n) is 6.42. The molecule has 0 atom stereocenters. The van der Waals surface area contributed by atoms with Gasteiger partial charge in [-0.2, -0.15) is 0 Å². The third-order valence-electron chi connectivity index (χ3n) is 4.57. The van der Waals surface area contributed by atoms with E-state index in [1.54, 1.807) is 24.1 Å². The lowest BCUT2D eigenvalue weighted by molar-refractivity contribution is 0.0538. The first kappa shape index (κ1) is 20.7. The summed E-state index contributed by atoms with van der Waals surface area (Å²) in [5.41, 5.74) is 0.529. The smallest absolute Gasteiger partial charge is 0.264 e. The molecule has 2 aromatic rings. The second kappa shape index (κ2) is 8.96. The lowest BCUT2D eigenvalue weighted by Gasteiger charge is -2.34. The van der Waals surface area contributed by atoms with E-state index in [4.69, 9.17) is 9.47 Å². The molecule has 1 aliphatic heterocycles. The van der Waals surface area contributed by atoms with Crippen molar-refractivity contribution >= 4 is 39.1 Å². The summed E-state index contributed by atoms with van der Waals surface area (Å²) in [5.74, 6) is 1.06. The molecule has 0 aliphatic carbocycles. The van der Waals surface area contributed by atoms with Crippen LogP contribution in [0.2, 0.25) is 0 Å². The van der Waals surface area contributed by atoms with Crippen molar-refractivity contribution in [3.05, 3.63) is 44.1 Å². The average Bonchev–Trinajstić information content (AvgIpc) is 3.14. The molecule has 28 heavy (non-hydrogen) atoms. The van der Waals surface area contributed by atoms with E-state index in [-0.39, 0.29) is 11.8 Å². The quantitative estimate of drug-likeness (QED) is 0.671. The summed E-state index contributed by atoms with van der Waals surface area (Å²) < 4.78 is 11.6. The lowest BCUT2D eigenvalue weighted by Crippen LogP contribution is -2.50. The van der Waals surface area contributed by atoms with E-state index in [1.807, 2.05) is 30.9 Å². The lowest BCUT2D eigenvalue weighted by atomic mass is 10.1. The van der Waals surface area contributed by atoms with Gasteiger partial charge in [0.25, 0.3) is 11.8 Å². The van der Waals surface area contributed by atoms with Crippen molar-refractivity contribution in [1.82, 2.24) is 9.80 Å². The van der Waals surface area contributed by atoms with Gasteiger partial charge in [0.05, 0.1) is 23.1 Å². The number of methoxy groups -OCH3 is 1. The SMILES string of the molecule is CCOc1c(Br)cc(C(=O)N2CCN(C(=O)c3ccc(C)s3)CC2)cc1OC. The first-order chi connectivity index (χ1) is 13.4. The molecular weight excluding hydrogens is 444 g/mol. The monoisotopic (exact) mass is 466 g/mol. The molecule has 1 fully saturated rings. The average molecular weight is 467 g/mol. The summed E-state index contributed by atoms with van der Waals surface area (Å²) in [6.45, 7) is 6.43. The summed E-state index contributed by atoms with van der Waals surface area (Å²) in [7, 11) is 1.55. The van der Waals surface area contributed by atoms with Crippen LogP contribution in [0.25, 0.3) is 0 Å². The van der Waals surface area contributed by atoms with Crippen LogP contribution in [0.5, 0.6) is 11.5 Å². The molecule has 0 N–H and O–H groups in total. The molecule has 1 aliphatic rings. The van der Waals surface area contributed by atoms with Crippen molar-refractivity contribution in [2.45, 2.75) is 13.8 Å². The maximum atomic E-state index is 12.9. The molecular formula is C20H23BrN2O4S. The van der Waals surface area contributed by atoms with Crippen LogP contribution >= 0.6 is 27.3 Å². The topological polar surface area (TPSA) is 59.1 Å². The van der Waals surface area contributed by atoms with E-state index in [2.05, 4.69) is 15.9 Å². The minimum atomic E-state index is -0.0823. The third kappa shape index (κ3) is 4.33. The minimum Gasteiger partial charge on any atom is -0.493 e. The fourth-order valence-electron chi connectivity index (χ4n) is 3.13. The molecule has 3 rings (SSSR count). The van der Waals surface area contributed by atoms with Crippen LogP contribution in [0.4, 0.5) is 0 Å². The summed E-state index contributed by atoms with van der Waals surface area (Å²) >= 11 is 4.96. The molecule has 0 radical (unpaired) electrons. The standard InChI is InChI=1S/C20H23BrN2O4S/c1-4-27-18-15(21)11-14(12-16(18)26-3)19(24)22-7-9-23(10-8-22)20(25)17-6-5-13(2)28-17/h5-6,11-12H,4,7-10H2,1-3H3. The highest BCUT2D eigenvalue weighted by atomic mass is 79.9. The molecule has 0 spiro atoms. The van der Waals surface area contributed by atoms with Crippen molar-refractivity contribution in [3.8, 4) is 11.5 Å². The van der Waals surface area contributed by atoms with Crippen molar-refractivity contribution in [2.24, 2.45) is 0 Å². The van der Waals surface area contributed by atoms with E-state index in [0.717, 1.165) is 9.75 Å². The van der Waals surface area contributed by atoms with Crippen molar-refractivity contribution in [2.75, 3.05) is 39.9 Å². The number of aryl methyl sites for hydroxylation is 1. The first-order valence-corrected chi connectivity index (χ1v) is 10.7. The van der Waals surface area contributed by atoms with Gasteiger partial charge in [0.1, 0.15) is 0 Å². The highest BCUT2D eigenvalue weighted by Crippen LogP contribution is 2.37. The van der Waals surface area contributed by atoms with Crippen molar-refractivity contribution < 1.29 is 19.1 Å². The number of thiophene rings is 1. The Morgan fingerprint density at radius 2 is 1.75 bits per heavy atom. The van der Waals surface area contributed by atoms with Gasteiger partial charge in [-0.25, -0.2) is 0 Å². The maximum absolute atomic E-state index is 12.9. The summed E-state index contributed by atoms with van der Waals surface area (Å²) in [5, 5.41) is 0. The number of ether oxygens (including phenoxy) is 2. The number of benzene rings is 1. The zero-order valence-electron chi connectivity index (χ0n) is 16.2. The Morgan fingerprint density at radius 3 is 2.29 bits per heavy atom. The van der Waals surface area contributed by atoms with Gasteiger partial charge < -0.3 is 19.3 Å². The molecule has 0 unspecified atom stereocenters. The van der Waals surface area contributed by atoms with Gasteiger partial charge in [-0.05, 0) is 54.0 Å². The van der Waals surface area contributed by atoms with Gasteiger partial charge in [-0.3, -0.25) is 9.59 Å². The predicted molar refractivity (Wildman–Crippen MR) is 113 cm³/mol. The third-order valence-corrected chi connectivity index (χ3v) is 6.15. The molecule has 1 saturated heterocycles. The molecule has 2 amide bonds. The van der Waals surface area contributed by atoms with E-state index < -0.39 is 0 Å². The second-order valence-corrected chi connectivity index (χ2v) is 8.56. The fourth-order valence-corrected chi connectivity index (χ4v) is 4.52. The van der Waals surface area contributed by atoms with Gasteiger partial charge in [0.15, 0.2) is 11.5 Å². The van der Waals surface area contributed by atoms with Crippen LogP contribution in [0, 0.1) is 6.92 Å². The number of carbonyl (C=O) groups is 2. The van der Waals surface area contributed by atoms with E-state index in [1.165, 1.54) is 11.3 Å². The van der Waals surface area contributed by atoms with Gasteiger partial charge >= 0.3 is 0 Å². The zero-order chi connectivity index (χ0) is 20.3. The molecule has 1 aromatic heterocycles. The number of piperazine rings is 1. The van der Waals surface area contributed by atoms with Crippen LogP contribution in [0.3, 0.4) is 0 Å². The van der Waals surface area contributed by atoms with Crippen molar-refractivity contribution in [3.63, 3.8) is 0 Å². The van der Waals surface area contributed by atoms with Crippen LogP contribution in [0.15, 0.2) is 28.7 Å². The van der Waals surface area contributed by atoms with Gasteiger partial charge in [-0.1, -0.05) is 0 Å². The minimum absolute atomic E-state index is 0.0377. The van der Waals surface area contributed by atoms with E-state index in [0.29, 0.717) is 54.3 Å². The number of nitrogens with zero attached hydrogens (tertiary/aromatic N) is 2. The predicted octanol–water partition coefficient (Wildman–Crippen LogP) is 3.82. The van der Waals surface area contributed by atoms with Gasteiger partial charge in [-0.15, -0.1) is 11.3 Å². The Kier molecular flexibility index (Phi) is 6.61. The Hall–Kier alpha value is -2.06. The molecule has 150 valence electrons. The number of halogens is 1. The summed E-state index contributed by atoms with van der Waals surface area (Å²) in [6.07, 6.45) is 0. The number of amides is 2. The Bertz CT molecular complexity index is 875. The number of hydrogen-bond donors (Lipinski definition) is 0. The van der Waals surface area contributed by atoms with Crippen LogP contribution in [-0.4, -0.2) is 61.5 Å². The van der Waals surface area contributed by atoms with Crippen LogP contribution < -0.4 is 9.47 Å². The number of hydrogen-bond acceptors (Lipinski definition) is 5. The first-order valence-electron chi connectivity index (χ1n) is 9.10. The molecule has 2 heterocycles. The number of rotatable bonds is 5. The fraction of sp³-hybridized carbons (Fsp3) is 0.400. The number of carbonyl (C=O) groups excluding carboxylic acids is 2. The zero-order valence-corrected chi connectivity index (χ0v) is 18.6. The Labute approximate surface area is 177 Å². The molecule has 6 nitrogen and oxygen atoms in total. The van der Waals surface area contributed by atoms with Crippen LogP contribution in [0.1, 0.15) is 31.8 Å². The Morgan fingerprint density at radius 1 is 1.11 bits per heavy atom. The van der Waals surface area contributed by atoms with E-state index >= 15 is 0 Å². The highest BCUT2D eigenvalue weighted by Gasteiger charge is 2.27. The van der Waals surface area contributed by atoms with E-state index in [9.17, 15) is 9.59 Å². The highest BCUT2D eigenvalue weighted by molar-refractivity contribution is 9.10. The molecule has 0 bridgehead atoms. The summed E-state index contributed by atoms with van der Waals surface area (Å²) in [4.78, 5) is 31.0. The van der Waals surface area contributed by atoms with Crippen LogP contribution in [-0.2, 0) is 0 Å². The molecule has 1 aromatic carbocycles. The normalized spacial score (nSPS) is 14.1. The Balaban J connectivity index is 1.68. The largest absolute Gasteiger partial charge is 0.493 e. The maximum Gasteiger partial charge on any atom is 0.264 e. The van der Waals surface area contributed by atoms with Gasteiger partial charge in [0.2, 0.25) is 0 Å². The van der Waals surface area contributed by atoms with Gasteiger partial charge in [0, 0.05) is 36.6 Å². The molecule has 8 heteroatoms.